The van der Waals surface area contributed by atoms with Gasteiger partial charge in [0.15, 0.2) is 6.10 Å². The van der Waals surface area contributed by atoms with Gasteiger partial charge in [0.2, 0.25) is 0 Å². The van der Waals surface area contributed by atoms with Crippen molar-refractivity contribution in [3.8, 4) is 0 Å². The number of esters is 3. The molecule has 0 radical (unpaired) electrons. The first kappa shape index (κ1) is 72.1. The Morgan fingerprint density at radius 1 is 0.267 bits per heavy atom. The van der Waals surface area contributed by atoms with Crippen molar-refractivity contribution < 1.29 is 28.6 Å². The number of hydrogen-bond acceptors (Lipinski definition) is 6. The number of carbonyl (C=O) groups excluding carboxylic acids is 3. The summed E-state index contributed by atoms with van der Waals surface area (Å²) in [6.45, 7) is 6.63. The van der Waals surface area contributed by atoms with Crippen LogP contribution in [0.5, 0.6) is 0 Å². The van der Waals surface area contributed by atoms with Gasteiger partial charge in [0.25, 0.3) is 0 Å². The molecule has 0 aliphatic heterocycles. The maximum absolute atomic E-state index is 12.9. The van der Waals surface area contributed by atoms with Gasteiger partial charge in [-0.05, 0) is 109 Å². The Morgan fingerprint density at radius 3 is 0.773 bits per heavy atom. The molecule has 0 bridgehead atoms. The van der Waals surface area contributed by atoms with E-state index in [0.717, 1.165) is 77.0 Å². The molecule has 0 aliphatic rings. The van der Waals surface area contributed by atoms with Gasteiger partial charge in [0, 0.05) is 19.3 Å². The number of carbonyl (C=O) groups is 3. The Bertz CT molecular complexity index is 1340. The van der Waals surface area contributed by atoms with Crippen LogP contribution in [0.3, 0.4) is 0 Å². The molecular weight excluding hydrogens is 925 g/mol. The molecule has 0 saturated heterocycles. The average Bonchev–Trinajstić information content (AvgIpc) is 3.41. The van der Waals surface area contributed by atoms with Gasteiger partial charge in [0.1, 0.15) is 13.2 Å². The number of rotatable bonds is 60. The van der Waals surface area contributed by atoms with Crippen molar-refractivity contribution in [3.05, 3.63) is 60.8 Å². The van der Waals surface area contributed by atoms with E-state index in [4.69, 9.17) is 14.2 Å². The molecule has 1 atom stereocenters. The highest BCUT2D eigenvalue weighted by Crippen LogP contribution is 2.16. The fourth-order valence-electron chi connectivity index (χ4n) is 9.50. The van der Waals surface area contributed by atoms with E-state index in [1.165, 1.54) is 225 Å². The molecule has 75 heavy (non-hydrogen) atoms. The topological polar surface area (TPSA) is 78.9 Å². The van der Waals surface area contributed by atoms with Crippen LogP contribution in [0.4, 0.5) is 0 Å². The fourth-order valence-corrected chi connectivity index (χ4v) is 9.50. The summed E-state index contributed by atoms with van der Waals surface area (Å²) in [4.78, 5) is 38.4. The van der Waals surface area contributed by atoms with E-state index in [1.807, 2.05) is 0 Å². The summed E-state index contributed by atoms with van der Waals surface area (Å²) >= 11 is 0. The molecule has 0 amide bonds. The summed E-state index contributed by atoms with van der Waals surface area (Å²) in [5.41, 5.74) is 0. The zero-order valence-electron chi connectivity index (χ0n) is 50.1. The van der Waals surface area contributed by atoms with E-state index in [1.54, 1.807) is 0 Å². The van der Waals surface area contributed by atoms with Crippen molar-refractivity contribution in [1.29, 1.82) is 0 Å². The Hall–Kier alpha value is -2.89. The Labute approximate surface area is 466 Å². The van der Waals surface area contributed by atoms with Gasteiger partial charge < -0.3 is 14.2 Å². The molecule has 6 heteroatoms. The van der Waals surface area contributed by atoms with Crippen molar-refractivity contribution >= 4 is 17.9 Å². The average molecular weight is 1050 g/mol. The third-order valence-electron chi connectivity index (χ3n) is 14.5. The molecule has 0 aromatic carbocycles. The number of unbranched alkanes of at least 4 members (excludes halogenated alkanes) is 39. The van der Waals surface area contributed by atoms with Gasteiger partial charge in [-0.1, -0.05) is 274 Å². The Kier molecular flexibility index (Phi) is 61.2. The van der Waals surface area contributed by atoms with Crippen LogP contribution in [0.2, 0.25) is 0 Å². The van der Waals surface area contributed by atoms with Crippen LogP contribution in [0.1, 0.15) is 342 Å². The second kappa shape index (κ2) is 63.6. The second-order valence-corrected chi connectivity index (χ2v) is 22.0. The van der Waals surface area contributed by atoms with Crippen LogP contribution in [0.15, 0.2) is 60.8 Å². The Balaban J connectivity index is 4.34. The molecule has 0 fully saturated rings. The van der Waals surface area contributed by atoms with Crippen LogP contribution >= 0.6 is 0 Å². The smallest absolute Gasteiger partial charge is 0.306 e. The number of allylic oxidation sites excluding steroid dienone is 10. The first-order valence-corrected chi connectivity index (χ1v) is 32.8. The van der Waals surface area contributed by atoms with Crippen LogP contribution in [-0.2, 0) is 28.6 Å². The highest BCUT2D eigenvalue weighted by Gasteiger charge is 2.19. The van der Waals surface area contributed by atoms with Gasteiger partial charge in [-0.3, -0.25) is 14.4 Å². The SMILES string of the molecule is CCCCC/C=C\C/C=C\CCCCCCCCCC(=O)OC(COC(=O)CCCCCCCCC/C=C\CCCCCCCC)COC(=O)CCCCCCCCCCCCC/C=C\C/C=C\CCCCCCC. The lowest BCUT2D eigenvalue weighted by atomic mass is 10.0. The third kappa shape index (κ3) is 61.8. The lowest BCUT2D eigenvalue weighted by Gasteiger charge is -2.18. The van der Waals surface area contributed by atoms with Crippen LogP contribution < -0.4 is 0 Å². The van der Waals surface area contributed by atoms with Crippen LogP contribution in [-0.4, -0.2) is 37.2 Å². The molecule has 0 saturated carbocycles. The van der Waals surface area contributed by atoms with Crippen LogP contribution in [0, 0.1) is 0 Å². The van der Waals surface area contributed by atoms with E-state index in [-0.39, 0.29) is 31.1 Å². The highest BCUT2D eigenvalue weighted by molar-refractivity contribution is 5.71. The minimum Gasteiger partial charge on any atom is -0.462 e. The van der Waals surface area contributed by atoms with Gasteiger partial charge in [-0.15, -0.1) is 0 Å². The summed E-state index contributed by atoms with van der Waals surface area (Å²) in [7, 11) is 0. The van der Waals surface area contributed by atoms with Crippen molar-refractivity contribution in [2.45, 2.75) is 348 Å². The van der Waals surface area contributed by atoms with E-state index in [2.05, 4.69) is 81.5 Å². The van der Waals surface area contributed by atoms with E-state index >= 15 is 0 Å². The molecule has 0 rings (SSSR count). The molecule has 0 spiro atoms. The van der Waals surface area contributed by atoms with Gasteiger partial charge >= 0.3 is 17.9 Å². The largest absolute Gasteiger partial charge is 0.462 e. The maximum Gasteiger partial charge on any atom is 0.306 e. The van der Waals surface area contributed by atoms with Gasteiger partial charge in [-0.25, -0.2) is 0 Å². The quantitative estimate of drug-likeness (QED) is 0.0261. The highest BCUT2D eigenvalue weighted by atomic mass is 16.6. The van der Waals surface area contributed by atoms with Gasteiger partial charge in [-0.2, -0.15) is 0 Å². The molecule has 0 aromatic rings. The van der Waals surface area contributed by atoms with Crippen molar-refractivity contribution in [3.63, 3.8) is 0 Å². The predicted molar refractivity (Wildman–Crippen MR) is 325 cm³/mol. The monoisotopic (exact) mass is 1050 g/mol. The second-order valence-electron chi connectivity index (χ2n) is 22.0. The first-order valence-electron chi connectivity index (χ1n) is 32.8. The van der Waals surface area contributed by atoms with E-state index in [9.17, 15) is 14.4 Å². The van der Waals surface area contributed by atoms with Crippen molar-refractivity contribution in [2.24, 2.45) is 0 Å². The molecule has 436 valence electrons. The zero-order valence-corrected chi connectivity index (χ0v) is 50.1. The number of hydrogen-bond donors (Lipinski definition) is 0. The summed E-state index contributed by atoms with van der Waals surface area (Å²) in [5.74, 6) is -0.874. The number of ether oxygens (including phenoxy) is 3. The van der Waals surface area contributed by atoms with E-state index < -0.39 is 6.10 Å². The standard InChI is InChI=1S/C69H124O6/c1-4-7-10-13-16-19-22-25-28-31-32-33-34-35-36-39-41-44-47-50-53-56-59-62-68(71)74-65-66(75-69(72)63-60-57-54-51-48-45-42-38-30-27-24-21-18-15-12-9-6-3)64-73-67(70)61-58-55-52-49-46-43-40-37-29-26-23-20-17-14-11-8-5-2/h18,21-22,25-27,29-32,66H,4-17,19-20,23-24,28,33-65H2,1-3H3/b21-18-,25-22-,29-26-,30-27-,32-31-. The molecule has 6 nitrogen and oxygen atoms in total. The molecule has 1 unspecified atom stereocenters. The lowest BCUT2D eigenvalue weighted by molar-refractivity contribution is -0.167. The normalized spacial score (nSPS) is 12.4. The maximum atomic E-state index is 12.9. The molecule has 0 aliphatic carbocycles. The zero-order chi connectivity index (χ0) is 54.3. The predicted octanol–water partition coefficient (Wildman–Crippen LogP) is 22.3. The summed E-state index contributed by atoms with van der Waals surface area (Å²) in [6, 6.07) is 0. The van der Waals surface area contributed by atoms with Crippen molar-refractivity contribution in [2.75, 3.05) is 13.2 Å². The van der Waals surface area contributed by atoms with Crippen LogP contribution in [0.25, 0.3) is 0 Å². The van der Waals surface area contributed by atoms with Crippen molar-refractivity contribution in [1.82, 2.24) is 0 Å². The fraction of sp³-hybridized carbons (Fsp3) is 0.812. The summed E-state index contributed by atoms with van der Waals surface area (Å²) < 4.78 is 17.0. The molecule has 0 N–H and O–H groups in total. The minimum atomic E-state index is -0.782. The summed E-state index contributed by atoms with van der Waals surface area (Å²) in [5, 5.41) is 0. The molecule has 0 aromatic heterocycles. The molecular formula is C69H124O6. The third-order valence-corrected chi connectivity index (χ3v) is 14.5. The molecule has 0 heterocycles. The van der Waals surface area contributed by atoms with E-state index in [0.29, 0.717) is 19.3 Å². The first-order chi connectivity index (χ1) is 37.0. The minimum absolute atomic E-state index is 0.0780. The summed E-state index contributed by atoms with van der Waals surface area (Å²) in [6.07, 6.45) is 80.8. The Morgan fingerprint density at radius 2 is 0.480 bits per heavy atom. The van der Waals surface area contributed by atoms with Gasteiger partial charge in [0.05, 0.1) is 0 Å². The lowest BCUT2D eigenvalue weighted by Crippen LogP contribution is -2.30.